The maximum atomic E-state index is 8.96. The molecule has 0 aliphatic heterocycles. The quantitative estimate of drug-likeness (QED) is 0.663. The number of hydrogen-bond acceptors (Lipinski definition) is 3. The summed E-state index contributed by atoms with van der Waals surface area (Å²) in [4.78, 5) is 6.84. The van der Waals surface area contributed by atoms with Crippen molar-refractivity contribution in [3.63, 3.8) is 0 Å². The highest BCUT2D eigenvalue weighted by molar-refractivity contribution is 5.60. The Balaban J connectivity index is 2.41. The first-order chi connectivity index (χ1) is 6.79. The highest BCUT2D eigenvalue weighted by Gasteiger charge is 2.01. The molecule has 0 amide bonds. The van der Waals surface area contributed by atoms with E-state index in [1.54, 1.807) is 6.20 Å². The number of hydrogen-bond donors (Lipinski definition) is 3. The first-order valence-electron chi connectivity index (χ1n) is 4.30. The van der Waals surface area contributed by atoms with E-state index in [-0.39, 0.29) is 6.61 Å². The minimum atomic E-state index is 0.0391. The second-order valence-corrected chi connectivity index (χ2v) is 3.04. The van der Waals surface area contributed by atoms with E-state index in [0.717, 1.165) is 16.8 Å². The van der Waals surface area contributed by atoms with Crippen molar-refractivity contribution in [2.24, 2.45) is 0 Å². The van der Waals surface area contributed by atoms with E-state index in [4.69, 9.17) is 10.8 Å². The van der Waals surface area contributed by atoms with Crippen LogP contribution in [-0.4, -0.2) is 15.1 Å². The van der Waals surface area contributed by atoms with Crippen molar-refractivity contribution in [2.75, 3.05) is 5.73 Å². The van der Waals surface area contributed by atoms with Gasteiger partial charge < -0.3 is 15.8 Å². The second kappa shape index (κ2) is 3.51. The van der Waals surface area contributed by atoms with Crippen molar-refractivity contribution in [3.05, 3.63) is 36.0 Å². The lowest BCUT2D eigenvalue weighted by atomic mass is 10.1. The highest BCUT2D eigenvalue weighted by Crippen LogP contribution is 2.18. The monoisotopic (exact) mass is 189 g/mol. The molecule has 14 heavy (non-hydrogen) atoms. The molecule has 1 aromatic heterocycles. The van der Waals surface area contributed by atoms with Gasteiger partial charge in [-0.25, -0.2) is 4.98 Å². The van der Waals surface area contributed by atoms with E-state index in [9.17, 15) is 0 Å². The average Bonchev–Trinajstić information content (AvgIpc) is 2.65. The summed E-state index contributed by atoms with van der Waals surface area (Å²) < 4.78 is 0. The zero-order valence-corrected chi connectivity index (χ0v) is 7.57. The number of aromatic nitrogens is 2. The minimum Gasteiger partial charge on any atom is -0.392 e. The normalized spacial score (nSPS) is 10.4. The Bertz CT molecular complexity index is 436. The number of benzene rings is 1. The maximum absolute atomic E-state index is 8.96. The molecule has 0 spiro atoms. The summed E-state index contributed by atoms with van der Waals surface area (Å²) in [5.74, 6) is 0.398. The van der Waals surface area contributed by atoms with Crippen LogP contribution >= 0.6 is 0 Å². The van der Waals surface area contributed by atoms with Gasteiger partial charge >= 0.3 is 0 Å². The molecule has 0 saturated carbocycles. The van der Waals surface area contributed by atoms with Crippen molar-refractivity contribution in [2.45, 2.75) is 6.61 Å². The number of nitrogens with two attached hydrogens (primary N) is 1. The fraction of sp³-hybridized carbons (Fsp3) is 0.100. The standard InChI is InChI=1S/C10H11N3O/c11-10-12-5-9(13-10)8-3-1-2-7(4-8)6-14/h1-5,14H,6H2,(H3,11,12,13). The Morgan fingerprint density at radius 2 is 2.29 bits per heavy atom. The Labute approximate surface area is 81.4 Å². The van der Waals surface area contributed by atoms with Crippen LogP contribution in [0.2, 0.25) is 0 Å². The van der Waals surface area contributed by atoms with E-state index in [1.165, 1.54) is 0 Å². The summed E-state index contributed by atoms with van der Waals surface area (Å²) in [6, 6.07) is 7.58. The van der Waals surface area contributed by atoms with Gasteiger partial charge in [0.25, 0.3) is 0 Å². The van der Waals surface area contributed by atoms with E-state index in [2.05, 4.69) is 9.97 Å². The van der Waals surface area contributed by atoms with Gasteiger partial charge in [-0.05, 0) is 17.2 Å². The molecule has 0 bridgehead atoms. The molecule has 4 N–H and O–H groups in total. The first kappa shape index (κ1) is 8.77. The van der Waals surface area contributed by atoms with Gasteiger partial charge in [0, 0.05) is 0 Å². The maximum Gasteiger partial charge on any atom is 0.197 e. The molecule has 2 rings (SSSR count). The van der Waals surface area contributed by atoms with Gasteiger partial charge in [0.05, 0.1) is 18.5 Å². The lowest BCUT2D eigenvalue weighted by molar-refractivity contribution is 0.282. The van der Waals surface area contributed by atoms with E-state index >= 15 is 0 Å². The summed E-state index contributed by atoms with van der Waals surface area (Å²) in [6.45, 7) is 0.0391. The predicted octanol–water partition coefficient (Wildman–Crippen LogP) is 1.15. The van der Waals surface area contributed by atoms with Crippen LogP contribution in [-0.2, 0) is 6.61 Å². The van der Waals surface area contributed by atoms with Gasteiger partial charge in [-0.15, -0.1) is 0 Å². The largest absolute Gasteiger partial charge is 0.392 e. The van der Waals surface area contributed by atoms with Crippen LogP contribution in [0.4, 0.5) is 5.95 Å². The van der Waals surface area contributed by atoms with Crippen LogP contribution in [0, 0.1) is 0 Å². The number of rotatable bonds is 2. The fourth-order valence-corrected chi connectivity index (χ4v) is 1.32. The zero-order valence-electron chi connectivity index (χ0n) is 7.57. The Kier molecular flexibility index (Phi) is 2.20. The lowest BCUT2D eigenvalue weighted by Crippen LogP contribution is -1.87. The molecule has 4 nitrogen and oxygen atoms in total. The van der Waals surface area contributed by atoms with Crippen molar-refractivity contribution in [1.82, 2.24) is 9.97 Å². The summed E-state index contributed by atoms with van der Waals surface area (Å²) in [5.41, 5.74) is 8.17. The summed E-state index contributed by atoms with van der Waals surface area (Å²) >= 11 is 0. The molecule has 1 heterocycles. The van der Waals surface area contributed by atoms with E-state index in [0.29, 0.717) is 5.95 Å². The predicted molar refractivity (Wildman–Crippen MR) is 54.4 cm³/mol. The number of aliphatic hydroxyl groups is 1. The topological polar surface area (TPSA) is 74.9 Å². The van der Waals surface area contributed by atoms with Crippen LogP contribution in [0.15, 0.2) is 30.5 Å². The number of nitrogen functional groups attached to an aromatic ring is 1. The van der Waals surface area contributed by atoms with Gasteiger partial charge in [-0.1, -0.05) is 18.2 Å². The molecular weight excluding hydrogens is 178 g/mol. The van der Waals surface area contributed by atoms with Crippen molar-refractivity contribution >= 4 is 5.95 Å². The average molecular weight is 189 g/mol. The Hall–Kier alpha value is -1.81. The van der Waals surface area contributed by atoms with Gasteiger partial charge in [0.1, 0.15) is 0 Å². The molecular formula is C10H11N3O. The molecule has 4 heteroatoms. The van der Waals surface area contributed by atoms with Crippen LogP contribution in [0.3, 0.4) is 0 Å². The first-order valence-corrected chi connectivity index (χ1v) is 4.30. The van der Waals surface area contributed by atoms with E-state index in [1.807, 2.05) is 24.3 Å². The number of aliphatic hydroxyl groups excluding tert-OH is 1. The number of nitrogens with zero attached hydrogens (tertiary/aromatic N) is 1. The number of aromatic amines is 1. The number of imidazole rings is 1. The van der Waals surface area contributed by atoms with Gasteiger partial charge in [-0.3, -0.25) is 0 Å². The van der Waals surface area contributed by atoms with Crippen LogP contribution in [0.1, 0.15) is 5.56 Å². The number of H-pyrrole nitrogens is 1. The SMILES string of the molecule is Nc1ncc(-c2cccc(CO)c2)[nH]1. The Morgan fingerprint density at radius 3 is 2.93 bits per heavy atom. The number of anilines is 1. The zero-order chi connectivity index (χ0) is 9.97. The van der Waals surface area contributed by atoms with Crippen LogP contribution in [0.25, 0.3) is 11.3 Å². The van der Waals surface area contributed by atoms with Crippen molar-refractivity contribution in [1.29, 1.82) is 0 Å². The third kappa shape index (κ3) is 1.60. The molecule has 0 radical (unpaired) electrons. The summed E-state index contributed by atoms with van der Waals surface area (Å²) in [5, 5.41) is 8.96. The summed E-state index contributed by atoms with van der Waals surface area (Å²) in [7, 11) is 0. The van der Waals surface area contributed by atoms with Gasteiger partial charge in [0.15, 0.2) is 5.95 Å². The van der Waals surface area contributed by atoms with E-state index < -0.39 is 0 Å². The summed E-state index contributed by atoms with van der Waals surface area (Å²) in [6.07, 6.45) is 1.67. The highest BCUT2D eigenvalue weighted by atomic mass is 16.3. The third-order valence-electron chi connectivity index (χ3n) is 2.02. The van der Waals surface area contributed by atoms with Crippen molar-refractivity contribution in [3.8, 4) is 11.3 Å². The molecule has 0 aliphatic rings. The van der Waals surface area contributed by atoms with Crippen LogP contribution < -0.4 is 5.73 Å². The van der Waals surface area contributed by atoms with Gasteiger partial charge in [-0.2, -0.15) is 0 Å². The van der Waals surface area contributed by atoms with Crippen molar-refractivity contribution < 1.29 is 5.11 Å². The molecule has 0 saturated heterocycles. The van der Waals surface area contributed by atoms with Crippen LogP contribution in [0.5, 0.6) is 0 Å². The third-order valence-corrected chi connectivity index (χ3v) is 2.02. The molecule has 1 aromatic carbocycles. The molecule has 72 valence electrons. The fourth-order valence-electron chi connectivity index (χ4n) is 1.32. The molecule has 2 aromatic rings. The molecule has 0 aliphatic carbocycles. The Morgan fingerprint density at radius 1 is 1.43 bits per heavy atom. The molecule has 0 atom stereocenters. The molecule has 0 unspecified atom stereocenters. The minimum absolute atomic E-state index is 0.0391. The van der Waals surface area contributed by atoms with Gasteiger partial charge in [0.2, 0.25) is 0 Å². The smallest absolute Gasteiger partial charge is 0.197 e. The molecule has 0 fully saturated rings. The second-order valence-electron chi connectivity index (χ2n) is 3.04. The lowest BCUT2D eigenvalue weighted by Gasteiger charge is -1.99. The number of nitrogens with one attached hydrogen (secondary N) is 1.